The molecule has 0 bridgehead atoms. The molecule has 27 heavy (non-hydrogen) atoms. The molecule has 0 unspecified atom stereocenters. The number of hydrogen-bond acceptors (Lipinski definition) is 2. The maximum Gasteiger partial charge on any atom is 0.152 e. The minimum absolute atomic E-state index is 0.139. The molecule has 0 amide bonds. The molecule has 0 N–H and O–H groups in total. The second-order valence-electron chi connectivity index (χ2n) is 7.44. The van der Waals surface area contributed by atoms with Crippen LogP contribution >= 0.6 is 0 Å². The Morgan fingerprint density at radius 3 is 2.37 bits per heavy atom. The molecule has 3 heteroatoms. The molecule has 0 saturated heterocycles. The van der Waals surface area contributed by atoms with Gasteiger partial charge in [-0.25, -0.2) is 4.39 Å². The first-order chi connectivity index (χ1) is 13.1. The van der Waals surface area contributed by atoms with Gasteiger partial charge in [0, 0.05) is 17.7 Å². The van der Waals surface area contributed by atoms with Gasteiger partial charge in [0.1, 0.15) is 5.82 Å². The lowest BCUT2D eigenvalue weighted by molar-refractivity contribution is 0.112. The molecule has 2 nitrogen and oxygen atoms in total. The summed E-state index contributed by atoms with van der Waals surface area (Å²) in [6.45, 7) is 4.11. The summed E-state index contributed by atoms with van der Waals surface area (Å²) >= 11 is 0. The smallest absolute Gasteiger partial charge is 0.152 e. The average Bonchev–Trinajstić information content (AvgIpc) is 2.86. The first-order valence-corrected chi connectivity index (χ1v) is 9.42. The van der Waals surface area contributed by atoms with Crippen LogP contribution in [0.4, 0.5) is 4.39 Å². The fraction of sp³-hybridized carbons (Fsp3) is 0.250. The molecule has 1 heterocycles. The molecule has 0 fully saturated rings. The monoisotopic (exact) mass is 359 g/mol. The number of fused-ring (bicyclic) bond motifs is 2. The zero-order chi connectivity index (χ0) is 19.0. The Kier molecular flexibility index (Phi) is 4.61. The van der Waals surface area contributed by atoms with Crippen LogP contribution in [-0.2, 0) is 19.3 Å². The molecule has 2 aromatic carbocycles. The number of aromatic nitrogens is 1. The summed E-state index contributed by atoms with van der Waals surface area (Å²) in [5.74, 6) is -0.138. The van der Waals surface area contributed by atoms with Gasteiger partial charge < -0.3 is 0 Å². The Labute approximate surface area is 159 Å². The van der Waals surface area contributed by atoms with Crippen molar-refractivity contribution >= 4 is 6.29 Å². The number of carbonyl (C=O) groups is 1. The Hall–Kier alpha value is -2.81. The number of benzene rings is 2. The SMILES string of the molecule is CC(C)c1nc2c(c(-c3ccc(F)cc3)c1C=O)Cc1ccccc1CC2. The lowest BCUT2D eigenvalue weighted by Gasteiger charge is -2.20. The van der Waals surface area contributed by atoms with Crippen molar-refractivity contribution in [2.75, 3.05) is 0 Å². The van der Waals surface area contributed by atoms with Crippen LogP contribution in [0.25, 0.3) is 11.1 Å². The first kappa shape index (κ1) is 17.6. The number of rotatable bonds is 3. The van der Waals surface area contributed by atoms with Gasteiger partial charge in [-0.2, -0.15) is 0 Å². The van der Waals surface area contributed by atoms with E-state index in [0.717, 1.165) is 53.6 Å². The summed E-state index contributed by atoms with van der Waals surface area (Å²) < 4.78 is 13.5. The van der Waals surface area contributed by atoms with Gasteiger partial charge in [-0.1, -0.05) is 50.2 Å². The summed E-state index contributed by atoms with van der Waals surface area (Å²) in [6.07, 6.45) is 3.44. The van der Waals surface area contributed by atoms with Crippen molar-refractivity contribution < 1.29 is 9.18 Å². The van der Waals surface area contributed by atoms with Crippen LogP contribution < -0.4 is 0 Å². The molecule has 4 rings (SSSR count). The molecule has 1 aliphatic carbocycles. The highest BCUT2D eigenvalue weighted by Gasteiger charge is 2.24. The highest BCUT2D eigenvalue weighted by Crippen LogP contribution is 2.37. The van der Waals surface area contributed by atoms with Crippen LogP contribution in [-0.4, -0.2) is 11.3 Å². The minimum atomic E-state index is -0.277. The van der Waals surface area contributed by atoms with Crippen LogP contribution in [0.1, 0.15) is 58.2 Å². The third kappa shape index (κ3) is 3.18. The predicted molar refractivity (Wildman–Crippen MR) is 106 cm³/mol. The Morgan fingerprint density at radius 2 is 1.70 bits per heavy atom. The summed E-state index contributed by atoms with van der Waals surface area (Å²) in [5.41, 5.74) is 8.00. The van der Waals surface area contributed by atoms with Crippen molar-refractivity contribution in [1.82, 2.24) is 4.98 Å². The van der Waals surface area contributed by atoms with Gasteiger partial charge >= 0.3 is 0 Å². The topological polar surface area (TPSA) is 30.0 Å². The number of carbonyl (C=O) groups excluding carboxylic acids is 1. The fourth-order valence-electron chi connectivity index (χ4n) is 4.03. The van der Waals surface area contributed by atoms with Crippen LogP contribution in [0.5, 0.6) is 0 Å². The van der Waals surface area contributed by atoms with Gasteiger partial charge in [-0.3, -0.25) is 9.78 Å². The van der Waals surface area contributed by atoms with E-state index in [1.165, 1.54) is 23.3 Å². The lowest BCUT2D eigenvalue weighted by Crippen LogP contribution is -2.10. The van der Waals surface area contributed by atoms with Gasteiger partial charge in [0.15, 0.2) is 6.29 Å². The molecule has 136 valence electrons. The van der Waals surface area contributed by atoms with Gasteiger partial charge in [-0.15, -0.1) is 0 Å². The van der Waals surface area contributed by atoms with Gasteiger partial charge in [0.25, 0.3) is 0 Å². The molecule has 0 aliphatic heterocycles. The molecule has 0 radical (unpaired) electrons. The maximum atomic E-state index is 13.5. The summed E-state index contributed by atoms with van der Waals surface area (Å²) in [4.78, 5) is 17.0. The largest absolute Gasteiger partial charge is 0.298 e. The zero-order valence-corrected chi connectivity index (χ0v) is 15.6. The first-order valence-electron chi connectivity index (χ1n) is 9.42. The van der Waals surface area contributed by atoms with E-state index in [-0.39, 0.29) is 11.7 Å². The second-order valence-corrected chi connectivity index (χ2v) is 7.44. The molecule has 0 atom stereocenters. The number of pyridine rings is 1. The van der Waals surface area contributed by atoms with Crippen molar-refractivity contribution in [2.24, 2.45) is 0 Å². The maximum absolute atomic E-state index is 13.5. The van der Waals surface area contributed by atoms with Crippen LogP contribution in [0.15, 0.2) is 48.5 Å². The van der Waals surface area contributed by atoms with Crippen molar-refractivity contribution in [3.63, 3.8) is 0 Å². The number of aldehydes is 1. The van der Waals surface area contributed by atoms with Crippen molar-refractivity contribution in [1.29, 1.82) is 0 Å². The molecule has 0 spiro atoms. The van der Waals surface area contributed by atoms with Crippen molar-refractivity contribution in [3.05, 3.63) is 88.0 Å². The van der Waals surface area contributed by atoms with Gasteiger partial charge in [0.2, 0.25) is 0 Å². The number of hydrogen-bond donors (Lipinski definition) is 0. The zero-order valence-electron chi connectivity index (χ0n) is 15.6. The number of halogens is 1. The van der Waals surface area contributed by atoms with E-state index in [4.69, 9.17) is 4.98 Å². The third-order valence-corrected chi connectivity index (χ3v) is 5.37. The van der Waals surface area contributed by atoms with Crippen molar-refractivity contribution in [2.45, 2.75) is 39.0 Å². The van der Waals surface area contributed by atoms with E-state index >= 15 is 0 Å². The van der Waals surface area contributed by atoms with E-state index in [1.54, 1.807) is 12.1 Å². The number of aryl methyl sites for hydroxylation is 2. The second kappa shape index (κ2) is 7.07. The number of nitrogens with zero attached hydrogens (tertiary/aromatic N) is 1. The quantitative estimate of drug-likeness (QED) is 0.577. The Morgan fingerprint density at radius 1 is 1.00 bits per heavy atom. The molecule has 1 aromatic heterocycles. The van der Waals surface area contributed by atoms with Gasteiger partial charge in [-0.05, 0) is 58.7 Å². The van der Waals surface area contributed by atoms with Crippen molar-refractivity contribution in [3.8, 4) is 11.1 Å². The van der Waals surface area contributed by atoms with E-state index in [1.807, 2.05) is 0 Å². The molecule has 1 aliphatic rings. The highest BCUT2D eigenvalue weighted by molar-refractivity contribution is 5.91. The summed E-state index contributed by atoms with van der Waals surface area (Å²) in [7, 11) is 0. The third-order valence-electron chi connectivity index (χ3n) is 5.37. The van der Waals surface area contributed by atoms with E-state index in [0.29, 0.717) is 5.56 Å². The lowest BCUT2D eigenvalue weighted by atomic mass is 9.87. The van der Waals surface area contributed by atoms with Crippen LogP contribution in [0.2, 0.25) is 0 Å². The molecule has 0 saturated carbocycles. The Balaban J connectivity index is 2.02. The van der Waals surface area contributed by atoms with E-state index in [9.17, 15) is 9.18 Å². The average molecular weight is 359 g/mol. The highest BCUT2D eigenvalue weighted by atomic mass is 19.1. The standard InChI is InChI=1S/C24H22FNO/c1-15(2)24-21(14-27)23(17-7-10-19(25)11-8-17)20-13-18-6-4-3-5-16(18)9-12-22(20)26-24/h3-8,10-11,14-15H,9,12-13H2,1-2H3. The normalized spacial score (nSPS) is 13.0. The van der Waals surface area contributed by atoms with Crippen LogP contribution in [0, 0.1) is 5.82 Å². The fourth-order valence-corrected chi connectivity index (χ4v) is 4.03. The minimum Gasteiger partial charge on any atom is -0.298 e. The molecular formula is C24H22FNO. The van der Waals surface area contributed by atoms with Gasteiger partial charge in [0.05, 0.1) is 5.69 Å². The van der Waals surface area contributed by atoms with Crippen LogP contribution in [0.3, 0.4) is 0 Å². The molecular weight excluding hydrogens is 337 g/mol. The van der Waals surface area contributed by atoms with E-state index < -0.39 is 0 Å². The molecule has 3 aromatic rings. The Bertz CT molecular complexity index is 1010. The summed E-state index contributed by atoms with van der Waals surface area (Å²) in [5, 5.41) is 0. The predicted octanol–water partition coefficient (Wildman–Crippen LogP) is 5.51. The van der Waals surface area contributed by atoms with E-state index in [2.05, 4.69) is 38.1 Å². The summed E-state index contributed by atoms with van der Waals surface area (Å²) in [6, 6.07) is 14.9.